The fraction of sp³-hybridized carbons (Fsp3) is 0.538. The second kappa shape index (κ2) is 6.15. The van der Waals surface area contributed by atoms with Crippen molar-refractivity contribution in [2.24, 2.45) is 0 Å². The highest BCUT2D eigenvalue weighted by Gasteiger charge is 2.41. The Morgan fingerprint density at radius 1 is 1.40 bits per heavy atom. The van der Waals surface area contributed by atoms with Crippen LogP contribution in [0.3, 0.4) is 0 Å². The van der Waals surface area contributed by atoms with Crippen LogP contribution < -0.4 is 10.1 Å². The second-order valence-electron chi connectivity index (χ2n) is 4.80. The molecule has 7 heteroatoms. The van der Waals surface area contributed by atoms with Crippen molar-refractivity contribution in [3.8, 4) is 5.75 Å². The van der Waals surface area contributed by atoms with Gasteiger partial charge in [-0.2, -0.15) is 11.8 Å². The fourth-order valence-electron chi connectivity index (χ4n) is 1.89. The van der Waals surface area contributed by atoms with Crippen molar-refractivity contribution in [1.82, 2.24) is 5.32 Å². The van der Waals surface area contributed by atoms with E-state index in [9.17, 15) is 13.2 Å². The van der Waals surface area contributed by atoms with Crippen LogP contribution in [-0.4, -0.2) is 23.9 Å². The molecule has 20 heavy (non-hydrogen) atoms. The smallest absolute Gasteiger partial charge is 0.405 e. The van der Waals surface area contributed by atoms with E-state index in [1.165, 1.54) is 18.9 Å². The van der Waals surface area contributed by atoms with Gasteiger partial charge in [0.05, 0.1) is 4.47 Å². The minimum atomic E-state index is -4.67. The molecular formula is C13H15BrF3NOS. The Balaban J connectivity index is 1.88. The Labute approximate surface area is 128 Å². The van der Waals surface area contributed by atoms with Crippen LogP contribution in [0.2, 0.25) is 0 Å². The maximum atomic E-state index is 12.1. The summed E-state index contributed by atoms with van der Waals surface area (Å²) < 4.78 is 41.0. The van der Waals surface area contributed by atoms with Crippen molar-refractivity contribution in [1.29, 1.82) is 0 Å². The van der Waals surface area contributed by atoms with Gasteiger partial charge in [-0.3, -0.25) is 0 Å². The quantitative estimate of drug-likeness (QED) is 0.805. The monoisotopic (exact) mass is 369 g/mol. The third-order valence-corrected chi connectivity index (χ3v) is 5.28. The standard InChI is InChI=1S/C13H15BrF3NOS/c1-20-12(4-5-12)8-18-7-9-2-3-11(10(14)6-9)19-13(15,16)17/h2-3,6,18H,4-5,7-8H2,1H3. The van der Waals surface area contributed by atoms with Gasteiger partial charge >= 0.3 is 6.36 Å². The Kier molecular flexibility index (Phi) is 4.92. The first kappa shape index (κ1) is 16.0. The average molecular weight is 370 g/mol. The lowest BCUT2D eigenvalue weighted by Gasteiger charge is -2.14. The van der Waals surface area contributed by atoms with E-state index in [1.807, 2.05) is 11.8 Å². The molecule has 0 spiro atoms. The summed E-state index contributed by atoms with van der Waals surface area (Å²) in [6.07, 6.45) is -0.111. The number of hydrogen-bond acceptors (Lipinski definition) is 3. The van der Waals surface area contributed by atoms with Crippen LogP contribution in [-0.2, 0) is 6.54 Å². The van der Waals surface area contributed by atoms with Crippen LogP contribution in [0.4, 0.5) is 13.2 Å². The van der Waals surface area contributed by atoms with E-state index in [1.54, 1.807) is 12.1 Å². The number of hydrogen-bond donors (Lipinski definition) is 1. The third kappa shape index (κ3) is 4.56. The van der Waals surface area contributed by atoms with Gasteiger partial charge in [0.25, 0.3) is 0 Å². The summed E-state index contributed by atoms with van der Waals surface area (Å²) in [6, 6.07) is 4.61. The van der Waals surface area contributed by atoms with E-state index in [0.717, 1.165) is 12.1 Å². The topological polar surface area (TPSA) is 21.3 Å². The van der Waals surface area contributed by atoms with E-state index in [0.29, 0.717) is 15.8 Å². The molecule has 0 heterocycles. The fourth-order valence-corrected chi connectivity index (χ4v) is 3.15. The van der Waals surface area contributed by atoms with Crippen LogP contribution in [0.1, 0.15) is 18.4 Å². The zero-order valence-corrected chi connectivity index (χ0v) is 13.3. The van der Waals surface area contributed by atoms with Gasteiger partial charge in [-0.05, 0) is 52.7 Å². The van der Waals surface area contributed by atoms with Gasteiger partial charge in [0.15, 0.2) is 0 Å². The summed E-state index contributed by atoms with van der Waals surface area (Å²) in [5.41, 5.74) is 0.920. The molecule has 0 atom stereocenters. The van der Waals surface area contributed by atoms with Crippen molar-refractivity contribution in [2.75, 3.05) is 12.8 Å². The van der Waals surface area contributed by atoms with Gasteiger partial charge in [-0.25, -0.2) is 0 Å². The highest BCUT2D eigenvalue weighted by atomic mass is 79.9. The van der Waals surface area contributed by atoms with Crippen LogP contribution in [0.25, 0.3) is 0 Å². The van der Waals surface area contributed by atoms with Crippen molar-refractivity contribution < 1.29 is 17.9 Å². The number of alkyl halides is 3. The molecule has 0 amide bonds. The molecule has 1 aromatic carbocycles. The summed E-state index contributed by atoms with van der Waals surface area (Å²) in [5.74, 6) is -0.218. The van der Waals surface area contributed by atoms with Crippen molar-refractivity contribution in [3.05, 3.63) is 28.2 Å². The van der Waals surface area contributed by atoms with E-state index in [4.69, 9.17) is 0 Å². The van der Waals surface area contributed by atoms with Crippen LogP contribution >= 0.6 is 27.7 Å². The van der Waals surface area contributed by atoms with Gasteiger partial charge in [0, 0.05) is 17.8 Å². The van der Waals surface area contributed by atoms with Crippen molar-refractivity contribution in [3.63, 3.8) is 0 Å². The Bertz CT molecular complexity index is 477. The molecule has 1 fully saturated rings. The maximum Gasteiger partial charge on any atom is 0.573 e. The summed E-state index contributed by atoms with van der Waals surface area (Å²) in [5, 5.41) is 3.35. The van der Waals surface area contributed by atoms with Gasteiger partial charge < -0.3 is 10.1 Å². The molecule has 0 aromatic heterocycles. The maximum absolute atomic E-state index is 12.1. The molecule has 0 unspecified atom stereocenters. The van der Waals surface area contributed by atoms with E-state index in [2.05, 4.69) is 32.2 Å². The van der Waals surface area contributed by atoms with E-state index < -0.39 is 6.36 Å². The van der Waals surface area contributed by atoms with Gasteiger partial charge in [-0.1, -0.05) is 6.07 Å². The Morgan fingerprint density at radius 3 is 2.60 bits per heavy atom. The van der Waals surface area contributed by atoms with Gasteiger partial charge in [0.1, 0.15) is 5.75 Å². The highest BCUT2D eigenvalue weighted by molar-refractivity contribution is 9.10. The lowest BCUT2D eigenvalue weighted by molar-refractivity contribution is -0.274. The van der Waals surface area contributed by atoms with Crippen molar-refractivity contribution >= 4 is 27.7 Å². The minimum Gasteiger partial charge on any atom is -0.405 e. The zero-order chi connectivity index (χ0) is 14.8. The van der Waals surface area contributed by atoms with Crippen molar-refractivity contribution in [2.45, 2.75) is 30.5 Å². The largest absolute Gasteiger partial charge is 0.573 e. The number of thioether (sulfide) groups is 1. The molecule has 112 valence electrons. The first-order valence-electron chi connectivity index (χ1n) is 6.14. The highest BCUT2D eigenvalue weighted by Crippen LogP contribution is 2.46. The Morgan fingerprint density at radius 2 is 2.10 bits per heavy atom. The van der Waals surface area contributed by atoms with Crippen LogP contribution in [0, 0.1) is 0 Å². The van der Waals surface area contributed by atoms with E-state index >= 15 is 0 Å². The Hall–Kier alpha value is -0.400. The number of rotatable bonds is 6. The number of ether oxygens (including phenoxy) is 1. The lowest BCUT2D eigenvalue weighted by Crippen LogP contribution is -2.25. The molecule has 0 radical (unpaired) electrons. The zero-order valence-electron chi connectivity index (χ0n) is 10.9. The average Bonchev–Trinajstić information content (AvgIpc) is 3.12. The number of nitrogens with one attached hydrogen (secondary N) is 1. The van der Waals surface area contributed by atoms with Crippen LogP contribution in [0.5, 0.6) is 5.75 Å². The second-order valence-corrected chi connectivity index (χ2v) is 6.93. The summed E-state index contributed by atoms with van der Waals surface area (Å²) in [7, 11) is 0. The molecule has 0 saturated heterocycles. The first-order chi connectivity index (χ1) is 9.34. The normalized spacial score (nSPS) is 17.1. The SMILES string of the molecule is CSC1(CNCc2ccc(OC(F)(F)F)c(Br)c2)CC1. The number of benzene rings is 1. The molecular weight excluding hydrogens is 355 g/mol. The third-order valence-electron chi connectivity index (χ3n) is 3.24. The summed E-state index contributed by atoms with van der Waals surface area (Å²) >= 11 is 4.97. The molecule has 1 aromatic rings. The van der Waals surface area contributed by atoms with Gasteiger partial charge in [0.2, 0.25) is 0 Å². The molecule has 0 aliphatic heterocycles. The molecule has 1 aliphatic carbocycles. The predicted molar refractivity (Wildman–Crippen MR) is 78.0 cm³/mol. The molecule has 2 rings (SSSR count). The molecule has 0 bridgehead atoms. The lowest BCUT2D eigenvalue weighted by atomic mass is 10.2. The van der Waals surface area contributed by atoms with Gasteiger partial charge in [-0.15, -0.1) is 13.2 Å². The summed E-state index contributed by atoms with van der Waals surface area (Å²) in [4.78, 5) is 0. The molecule has 1 saturated carbocycles. The number of halogens is 4. The summed E-state index contributed by atoms with van der Waals surface area (Å²) in [6.45, 7) is 1.56. The predicted octanol–water partition coefficient (Wildman–Crippen LogP) is 4.33. The first-order valence-corrected chi connectivity index (χ1v) is 8.15. The molecule has 1 aliphatic rings. The molecule has 1 N–H and O–H groups in total. The van der Waals surface area contributed by atoms with E-state index in [-0.39, 0.29) is 5.75 Å². The van der Waals surface area contributed by atoms with Crippen LogP contribution in [0.15, 0.2) is 22.7 Å². The minimum absolute atomic E-state index is 0.218. The molecule has 2 nitrogen and oxygen atoms in total.